The lowest BCUT2D eigenvalue weighted by molar-refractivity contribution is 0.304. The molecule has 0 N–H and O–H groups in total. The Hall–Kier alpha value is -0.980. The number of ether oxygens (including phenoxy) is 1. The highest BCUT2D eigenvalue weighted by atomic mass is 16.5. The molecule has 0 spiro atoms. The molecule has 0 aromatic heterocycles. The highest BCUT2D eigenvalue weighted by molar-refractivity contribution is 5.27. The van der Waals surface area contributed by atoms with Crippen LogP contribution in [0.5, 0.6) is 5.75 Å². The largest absolute Gasteiger partial charge is 0.494 e. The van der Waals surface area contributed by atoms with Crippen molar-refractivity contribution in [1.82, 2.24) is 0 Å². The van der Waals surface area contributed by atoms with Gasteiger partial charge in [-0.15, -0.1) is 0 Å². The fraction of sp³-hybridized carbons (Fsp3) is 0.714. The van der Waals surface area contributed by atoms with Crippen LogP contribution in [0.25, 0.3) is 0 Å². The van der Waals surface area contributed by atoms with E-state index in [-0.39, 0.29) is 0 Å². The van der Waals surface area contributed by atoms with Crippen molar-refractivity contribution in [2.24, 2.45) is 5.92 Å². The third-order valence-electron chi connectivity index (χ3n) is 4.73. The van der Waals surface area contributed by atoms with E-state index >= 15 is 0 Å². The minimum atomic E-state index is 0.871. The van der Waals surface area contributed by atoms with Gasteiger partial charge in [-0.05, 0) is 42.9 Å². The van der Waals surface area contributed by atoms with E-state index in [1.54, 1.807) is 0 Å². The Morgan fingerprint density at radius 3 is 2.14 bits per heavy atom. The van der Waals surface area contributed by atoms with Gasteiger partial charge in [0, 0.05) is 0 Å². The molecule has 1 aromatic rings. The highest BCUT2D eigenvalue weighted by Gasteiger charge is 2.20. The molecule has 1 saturated carbocycles. The molecule has 0 saturated heterocycles. The predicted molar refractivity (Wildman–Crippen MR) is 95.6 cm³/mol. The summed E-state index contributed by atoms with van der Waals surface area (Å²) in [5.41, 5.74) is 1.46. The van der Waals surface area contributed by atoms with Crippen LogP contribution in [0, 0.1) is 5.92 Å². The molecule has 0 amide bonds. The second kappa shape index (κ2) is 10.7. The molecule has 0 radical (unpaired) electrons. The van der Waals surface area contributed by atoms with Crippen molar-refractivity contribution in [2.75, 3.05) is 6.61 Å². The molecule has 0 atom stereocenters. The molecule has 22 heavy (non-hydrogen) atoms. The van der Waals surface area contributed by atoms with Gasteiger partial charge in [-0.3, -0.25) is 0 Å². The van der Waals surface area contributed by atoms with E-state index in [1.807, 2.05) is 0 Å². The lowest BCUT2D eigenvalue weighted by atomic mass is 10.1. The SMILES string of the molecule is CCCCCCCCCCOc1ccc(CCC2CC2)cc1. The Labute approximate surface area is 137 Å². The summed E-state index contributed by atoms with van der Waals surface area (Å²) in [7, 11) is 0. The number of hydrogen-bond acceptors (Lipinski definition) is 1. The minimum Gasteiger partial charge on any atom is -0.494 e. The number of rotatable bonds is 13. The molecule has 0 heterocycles. The van der Waals surface area contributed by atoms with Crippen LogP contribution in [0.1, 0.15) is 83.1 Å². The fourth-order valence-electron chi connectivity index (χ4n) is 2.96. The number of benzene rings is 1. The second-order valence-electron chi connectivity index (χ2n) is 6.95. The maximum absolute atomic E-state index is 5.84. The van der Waals surface area contributed by atoms with Gasteiger partial charge in [-0.2, -0.15) is 0 Å². The van der Waals surface area contributed by atoms with Crippen LogP contribution in [-0.2, 0) is 6.42 Å². The van der Waals surface area contributed by atoms with Crippen LogP contribution in [-0.4, -0.2) is 6.61 Å². The molecule has 1 aliphatic rings. The normalized spacial score (nSPS) is 14.2. The van der Waals surface area contributed by atoms with Crippen molar-refractivity contribution in [2.45, 2.75) is 84.0 Å². The minimum absolute atomic E-state index is 0.871. The van der Waals surface area contributed by atoms with Gasteiger partial charge in [0.1, 0.15) is 5.75 Å². The van der Waals surface area contributed by atoms with Crippen LogP contribution in [0.3, 0.4) is 0 Å². The molecule has 1 nitrogen and oxygen atoms in total. The van der Waals surface area contributed by atoms with Crippen LogP contribution >= 0.6 is 0 Å². The molecule has 124 valence electrons. The van der Waals surface area contributed by atoms with Crippen molar-refractivity contribution in [3.05, 3.63) is 29.8 Å². The number of hydrogen-bond donors (Lipinski definition) is 0. The van der Waals surface area contributed by atoms with Crippen LogP contribution in [0.4, 0.5) is 0 Å². The summed E-state index contributed by atoms with van der Waals surface area (Å²) < 4.78 is 5.84. The molecule has 0 aliphatic heterocycles. The zero-order valence-electron chi connectivity index (χ0n) is 14.5. The third-order valence-corrected chi connectivity index (χ3v) is 4.73. The summed E-state index contributed by atoms with van der Waals surface area (Å²) in [6.45, 7) is 3.15. The maximum Gasteiger partial charge on any atom is 0.119 e. The Kier molecular flexibility index (Phi) is 8.45. The van der Waals surface area contributed by atoms with Crippen LogP contribution in [0.2, 0.25) is 0 Å². The molecule has 1 heteroatoms. The maximum atomic E-state index is 5.84. The molecule has 1 aromatic carbocycles. The fourth-order valence-corrected chi connectivity index (χ4v) is 2.96. The molecule has 1 aliphatic carbocycles. The van der Waals surface area contributed by atoms with Gasteiger partial charge < -0.3 is 4.74 Å². The first-order valence-electron chi connectivity index (χ1n) is 9.60. The summed E-state index contributed by atoms with van der Waals surface area (Å²) in [6.07, 6.45) is 16.4. The van der Waals surface area contributed by atoms with Crippen LogP contribution in [0.15, 0.2) is 24.3 Å². The first kappa shape index (κ1) is 17.4. The van der Waals surface area contributed by atoms with E-state index in [2.05, 4.69) is 31.2 Å². The van der Waals surface area contributed by atoms with E-state index in [0.717, 1.165) is 18.3 Å². The van der Waals surface area contributed by atoms with Gasteiger partial charge >= 0.3 is 0 Å². The Bertz CT molecular complexity index is 377. The van der Waals surface area contributed by atoms with E-state index < -0.39 is 0 Å². The average Bonchev–Trinajstić information content (AvgIpc) is 3.37. The van der Waals surface area contributed by atoms with Crippen molar-refractivity contribution in [3.63, 3.8) is 0 Å². The van der Waals surface area contributed by atoms with Gasteiger partial charge in [0.2, 0.25) is 0 Å². The molecular formula is C21H34O. The number of unbranched alkanes of at least 4 members (excludes halogenated alkanes) is 7. The monoisotopic (exact) mass is 302 g/mol. The molecule has 2 rings (SSSR count). The van der Waals surface area contributed by atoms with E-state index in [0.29, 0.717) is 0 Å². The topological polar surface area (TPSA) is 9.23 Å². The molecule has 0 bridgehead atoms. The second-order valence-corrected chi connectivity index (χ2v) is 6.95. The molecule has 1 fully saturated rings. The Morgan fingerprint density at radius 1 is 0.864 bits per heavy atom. The van der Waals surface area contributed by atoms with Crippen LogP contribution < -0.4 is 4.74 Å². The first-order valence-corrected chi connectivity index (χ1v) is 9.60. The molecule has 0 unspecified atom stereocenters. The zero-order chi connectivity index (χ0) is 15.5. The van der Waals surface area contributed by atoms with Crippen molar-refractivity contribution < 1.29 is 4.74 Å². The van der Waals surface area contributed by atoms with Gasteiger partial charge in [0.25, 0.3) is 0 Å². The highest BCUT2D eigenvalue weighted by Crippen LogP contribution is 2.33. The predicted octanol–water partition coefficient (Wildman–Crippen LogP) is 6.55. The Morgan fingerprint density at radius 2 is 1.50 bits per heavy atom. The standard InChI is InChI=1S/C21H34O/c1-2-3-4-5-6-7-8-9-18-22-21-16-14-20(15-17-21)13-12-19-10-11-19/h14-17,19H,2-13,18H2,1H3. The lowest BCUT2D eigenvalue weighted by Gasteiger charge is -2.07. The van der Waals surface area contributed by atoms with E-state index in [1.165, 1.54) is 82.6 Å². The van der Waals surface area contributed by atoms with Crippen molar-refractivity contribution >= 4 is 0 Å². The zero-order valence-corrected chi connectivity index (χ0v) is 14.5. The lowest BCUT2D eigenvalue weighted by Crippen LogP contribution is -1.97. The van der Waals surface area contributed by atoms with Gasteiger partial charge in [0.05, 0.1) is 6.61 Å². The summed E-state index contributed by atoms with van der Waals surface area (Å²) in [4.78, 5) is 0. The molecular weight excluding hydrogens is 268 g/mol. The first-order chi connectivity index (χ1) is 10.9. The summed E-state index contributed by atoms with van der Waals surface area (Å²) in [5, 5.41) is 0. The van der Waals surface area contributed by atoms with E-state index in [9.17, 15) is 0 Å². The van der Waals surface area contributed by atoms with Gasteiger partial charge in [-0.25, -0.2) is 0 Å². The summed E-state index contributed by atoms with van der Waals surface area (Å²) in [5.74, 6) is 2.07. The summed E-state index contributed by atoms with van der Waals surface area (Å²) >= 11 is 0. The van der Waals surface area contributed by atoms with Gasteiger partial charge in [-0.1, -0.05) is 76.8 Å². The number of aryl methyl sites for hydroxylation is 1. The van der Waals surface area contributed by atoms with Crippen molar-refractivity contribution in [1.29, 1.82) is 0 Å². The average molecular weight is 303 g/mol. The smallest absolute Gasteiger partial charge is 0.119 e. The van der Waals surface area contributed by atoms with E-state index in [4.69, 9.17) is 4.74 Å². The third kappa shape index (κ3) is 7.87. The quantitative estimate of drug-likeness (QED) is 0.375. The van der Waals surface area contributed by atoms with Gasteiger partial charge in [0.15, 0.2) is 0 Å². The van der Waals surface area contributed by atoms with Crippen molar-refractivity contribution in [3.8, 4) is 5.75 Å². The summed E-state index contributed by atoms with van der Waals surface area (Å²) in [6, 6.07) is 8.77. The Balaban J connectivity index is 1.46.